The van der Waals surface area contributed by atoms with Crippen LogP contribution < -0.4 is 4.18 Å². The average Bonchev–Trinajstić information content (AvgIpc) is 2.85. The van der Waals surface area contributed by atoms with Crippen molar-refractivity contribution >= 4 is 37.3 Å². The zero-order valence-electron chi connectivity index (χ0n) is 11.6. The third-order valence-corrected chi connectivity index (χ3v) is 5.52. The second-order valence-corrected chi connectivity index (χ2v) is 7.23. The van der Waals surface area contributed by atoms with Crippen molar-refractivity contribution in [3.63, 3.8) is 0 Å². The van der Waals surface area contributed by atoms with Gasteiger partial charge in [-0.2, -0.15) is 8.42 Å². The van der Waals surface area contributed by atoms with Crippen molar-refractivity contribution in [1.29, 1.82) is 0 Å². The fourth-order valence-electron chi connectivity index (χ4n) is 2.15. The van der Waals surface area contributed by atoms with E-state index in [1.165, 1.54) is 19.1 Å². The molecule has 0 atom stereocenters. The van der Waals surface area contributed by atoms with E-state index < -0.39 is 10.1 Å². The molecule has 0 radical (unpaired) electrons. The van der Waals surface area contributed by atoms with Crippen LogP contribution in [-0.2, 0) is 10.1 Å². The molecule has 0 aliphatic heterocycles. The summed E-state index contributed by atoms with van der Waals surface area (Å²) in [5.41, 5.74) is 0.306. The van der Waals surface area contributed by atoms with Crippen molar-refractivity contribution in [2.75, 3.05) is 0 Å². The van der Waals surface area contributed by atoms with Crippen LogP contribution in [0, 0.1) is 0 Å². The average molecular weight is 332 g/mol. The minimum absolute atomic E-state index is 0.0574. The second kappa shape index (κ2) is 5.55. The van der Waals surface area contributed by atoms with Crippen LogP contribution in [0.2, 0.25) is 0 Å². The number of hydrogen-bond donors (Lipinski definition) is 0. The van der Waals surface area contributed by atoms with Crippen molar-refractivity contribution in [3.8, 4) is 5.06 Å². The molecule has 6 heteroatoms. The number of fused-ring (bicyclic) bond motifs is 1. The lowest BCUT2D eigenvalue weighted by Crippen LogP contribution is -2.10. The highest BCUT2D eigenvalue weighted by atomic mass is 32.2. The first-order valence-electron chi connectivity index (χ1n) is 6.51. The molecule has 4 nitrogen and oxygen atoms in total. The highest BCUT2D eigenvalue weighted by molar-refractivity contribution is 7.87. The van der Waals surface area contributed by atoms with Gasteiger partial charge in [-0.05, 0) is 25.1 Å². The Kier molecular flexibility index (Phi) is 3.72. The maximum atomic E-state index is 12.3. The largest absolute Gasteiger partial charge is 0.367 e. The molecule has 0 aliphatic rings. The Morgan fingerprint density at radius 3 is 2.32 bits per heavy atom. The SMILES string of the molecule is CC(=O)c1c(OS(=O)(=O)c2ccccc2)sc2ccccc12. The molecule has 0 bridgehead atoms. The molecule has 0 saturated heterocycles. The molecule has 0 N–H and O–H groups in total. The lowest BCUT2D eigenvalue weighted by molar-refractivity contribution is 0.101. The van der Waals surface area contributed by atoms with Crippen molar-refractivity contribution in [2.45, 2.75) is 11.8 Å². The number of thiophene rings is 1. The zero-order chi connectivity index (χ0) is 15.7. The Morgan fingerprint density at radius 1 is 1.00 bits per heavy atom. The number of carbonyl (C=O) groups excluding carboxylic acids is 1. The van der Waals surface area contributed by atoms with Crippen molar-refractivity contribution < 1.29 is 17.4 Å². The Labute approximate surface area is 132 Å². The van der Waals surface area contributed by atoms with Gasteiger partial charge in [0.05, 0.1) is 5.56 Å². The molecule has 0 saturated carbocycles. The van der Waals surface area contributed by atoms with Crippen LogP contribution >= 0.6 is 11.3 Å². The number of ketones is 1. The summed E-state index contributed by atoms with van der Waals surface area (Å²) in [6, 6.07) is 15.1. The molecule has 2 aromatic carbocycles. The van der Waals surface area contributed by atoms with Crippen LogP contribution in [-0.4, -0.2) is 14.2 Å². The van der Waals surface area contributed by atoms with Crippen molar-refractivity contribution in [3.05, 3.63) is 60.2 Å². The lowest BCUT2D eigenvalue weighted by Gasteiger charge is -2.06. The van der Waals surface area contributed by atoms with Gasteiger partial charge in [-0.3, -0.25) is 4.79 Å². The first-order valence-corrected chi connectivity index (χ1v) is 8.73. The summed E-state index contributed by atoms with van der Waals surface area (Å²) in [6.07, 6.45) is 0. The van der Waals surface area contributed by atoms with Crippen LogP contribution in [0.1, 0.15) is 17.3 Å². The second-order valence-electron chi connectivity index (χ2n) is 4.67. The molecule has 3 rings (SSSR count). The summed E-state index contributed by atoms with van der Waals surface area (Å²) in [5.74, 6) is -0.226. The van der Waals surface area contributed by atoms with E-state index in [2.05, 4.69) is 0 Å². The third kappa shape index (κ3) is 2.63. The minimum Gasteiger partial charge on any atom is -0.367 e. The summed E-state index contributed by atoms with van der Waals surface area (Å²) < 4.78 is 30.7. The Hall–Kier alpha value is -2.18. The van der Waals surface area contributed by atoms with Gasteiger partial charge in [-0.1, -0.05) is 47.7 Å². The van der Waals surface area contributed by atoms with Crippen LogP contribution in [0.4, 0.5) is 0 Å². The van der Waals surface area contributed by atoms with E-state index in [4.69, 9.17) is 4.18 Å². The first-order chi connectivity index (χ1) is 10.5. The highest BCUT2D eigenvalue weighted by Gasteiger charge is 2.23. The van der Waals surface area contributed by atoms with E-state index in [9.17, 15) is 13.2 Å². The van der Waals surface area contributed by atoms with Gasteiger partial charge < -0.3 is 4.18 Å². The maximum absolute atomic E-state index is 12.3. The number of Topliss-reactive ketones (excluding diaryl/α,β-unsaturated/α-hetero) is 1. The Morgan fingerprint density at radius 2 is 1.64 bits per heavy atom. The molecule has 112 valence electrons. The molecule has 0 aliphatic carbocycles. The summed E-state index contributed by atoms with van der Waals surface area (Å²) >= 11 is 1.15. The predicted molar refractivity (Wildman–Crippen MR) is 86.1 cm³/mol. The van der Waals surface area contributed by atoms with Crippen LogP contribution in [0.5, 0.6) is 5.06 Å². The predicted octanol–water partition coefficient (Wildman–Crippen LogP) is 3.87. The number of hydrogen-bond acceptors (Lipinski definition) is 5. The number of rotatable bonds is 4. The summed E-state index contributed by atoms with van der Waals surface area (Å²) in [6.45, 7) is 1.40. The third-order valence-electron chi connectivity index (χ3n) is 3.13. The number of benzene rings is 2. The minimum atomic E-state index is -3.96. The lowest BCUT2D eigenvalue weighted by atomic mass is 10.1. The number of carbonyl (C=O) groups is 1. The van der Waals surface area contributed by atoms with Gasteiger partial charge in [-0.25, -0.2) is 0 Å². The molecule has 0 amide bonds. The fraction of sp³-hybridized carbons (Fsp3) is 0.0625. The normalized spacial score (nSPS) is 11.5. The topological polar surface area (TPSA) is 60.4 Å². The summed E-state index contributed by atoms with van der Waals surface area (Å²) in [7, 11) is -3.96. The quantitative estimate of drug-likeness (QED) is 0.537. The van der Waals surface area contributed by atoms with Crippen LogP contribution in [0.25, 0.3) is 10.1 Å². The Bertz CT molecular complexity index is 941. The molecule has 0 spiro atoms. The van der Waals surface area contributed by atoms with Crippen molar-refractivity contribution in [1.82, 2.24) is 0 Å². The molecule has 3 aromatic rings. The molecule has 0 fully saturated rings. The smallest absolute Gasteiger partial charge is 0.340 e. The van der Waals surface area contributed by atoms with E-state index in [-0.39, 0.29) is 15.7 Å². The fourth-order valence-corrected chi connectivity index (χ4v) is 4.41. The molecular formula is C16H12O4S2. The van der Waals surface area contributed by atoms with Gasteiger partial charge in [0, 0.05) is 10.1 Å². The highest BCUT2D eigenvalue weighted by Crippen LogP contribution is 2.39. The van der Waals surface area contributed by atoms with Crippen LogP contribution in [0.15, 0.2) is 59.5 Å². The van der Waals surface area contributed by atoms with Crippen LogP contribution in [0.3, 0.4) is 0 Å². The molecule has 22 heavy (non-hydrogen) atoms. The van der Waals surface area contributed by atoms with Gasteiger partial charge in [0.1, 0.15) is 4.90 Å². The first kappa shape index (κ1) is 14.7. The Balaban J connectivity index is 2.12. The van der Waals surface area contributed by atoms with Crippen molar-refractivity contribution in [2.24, 2.45) is 0 Å². The monoisotopic (exact) mass is 332 g/mol. The van der Waals surface area contributed by atoms with E-state index in [0.717, 1.165) is 16.0 Å². The molecule has 0 unspecified atom stereocenters. The van der Waals surface area contributed by atoms with E-state index in [0.29, 0.717) is 10.9 Å². The van der Waals surface area contributed by atoms with Gasteiger partial charge in [0.2, 0.25) is 5.06 Å². The van der Waals surface area contributed by atoms with Gasteiger partial charge >= 0.3 is 10.1 Å². The molecule has 1 aromatic heterocycles. The maximum Gasteiger partial charge on any atom is 0.340 e. The summed E-state index contributed by atoms with van der Waals surface area (Å²) in [4.78, 5) is 12.0. The molecular weight excluding hydrogens is 320 g/mol. The zero-order valence-corrected chi connectivity index (χ0v) is 13.3. The van der Waals surface area contributed by atoms with E-state index in [1.54, 1.807) is 30.3 Å². The van der Waals surface area contributed by atoms with E-state index in [1.807, 2.05) is 12.1 Å². The summed E-state index contributed by atoms with van der Waals surface area (Å²) in [5, 5.41) is 0.816. The van der Waals surface area contributed by atoms with Gasteiger partial charge in [0.25, 0.3) is 0 Å². The van der Waals surface area contributed by atoms with Gasteiger partial charge in [0.15, 0.2) is 5.78 Å². The van der Waals surface area contributed by atoms with E-state index >= 15 is 0 Å². The molecule has 1 heterocycles. The van der Waals surface area contributed by atoms with Gasteiger partial charge in [-0.15, -0.1) is 0 Å². The standard InChI is InChI=1S/C16H12O4S2/c1-11(17)15-13-9-5-6-10-14(13)21-16(15)20-22(18,19)12-7-3-2-4-8-12/h2-10H,1H3.